The van der Waals surface area contributed by atoms with E-state index in [4.69, 9.17) is 13.9 Å². The van der Waals surface area contributed by atoms with E-state index in [0.717, 1.165) is 37.7 Å². The summed E-state index contributed by atoms with van der Waals surface area (Å²) >= 11 is 0. The van der Waals surface area contributed by atoms with Crippen LogP contribution in [0.3, 0.4) is 0 Å². The molecular weight excluding hydrogens is 304 g/mol. The lowest BCUT2D eigenvalue weighted by molar-refractivity contribution is -0.167. The van der Waals surface area contributed by atoms with E-state index in [2.05, 4.69) is 20.8 Å². The number of esters is 1. The minimum absolute atomic E-state index is 0.0137. The van der Waals surface area contributed by atoms with Crippen LogP contribution in [0.1, 0.15) is 64.5 Å². The molecule has 24 heavy (non-hydrogen) atoms. The molecule has 7 atom stereocenters. The minimum Gasteiger partial charge on any atom is -0.472 e. The molecule has 0 aromatic carbocycles. The topological polar surface area (TPSA) is 52.0 Å². The molecule has 130 valence electrons. The van der Waals surface area contributed by atoms with Crippen molar-refractivity contribution in [3.05, 3.63) is 24.2 Å². The summed E-state index contributed by atoms with van der Waals surface area (Å²) in [5, 5.41) is 0. The van der Waals surface area contributed by atoms with E-state index in [0.29, 0.717) is 17.9 Å². The lowest BCUT2D eigenvalue weighted by Gasteiger charge is -2.56. The molecule has 4 aliphatic rings. The summed E-state index contributed by atoms with van der Waals surface area (Å²) in [6.45, 7) is 6.88. The van der Waals surface area contributed by atoms with Crippen LogP contribution in [-0.2, 0) is 14.3 Å². The largest absolute Gasteiger partial charge is 0.472 e. The van der Waals surface area contributed by atoms with E-state index in [1.807, 2.05) is 6.07 Å². The van der Waals surface area contributed by atoms with Gasteiger partial charge in [-0.3, -0.25) is 4.79 Å². The predicted molar refractivity (Wildman–Crippen MR) is 87.1 cm³/mol. The van der Waals surface area contributed by atoms with Gasteiger partial charge >= 0.3 is 5.97 Å². The van der Waals surface area contributed by atoms with Crippen LogP contribution in [0, 0.1) is 22.7 Å². The summed E-state index contributed by atoms with van der Waals surface area (Å²) in [5.74, 6) is 0.723. The zero-order valence-electron chi connectivity index (χ0n) is 14.7. The van der Waals surface area contributed by atoms with Crippen LogP contribution >= 0.6 is 0 Å². The lowest BCUT2D eigenvalue weighted by Crippen LogP contribution is -2.58. The predicted octanol–water partition coefficient (Wildman–Crippen LogP) is 4.26. The van der Waals surface area contributed by atoms with Crippen molar-refractivity contribution in [2.75, 3.05) is 0 Å². The average Bonchev–Trinajstić information content (AvgIpc) is 2.91. The normalized spacial score (nSPS) is 52.7. The summed E-state index contributed by atoms with van der Waals surface area (Å²) in [7, 11) is 0. The fourth-order valence-corrected chi connectivity index (χ4v) is 6.45. The number of furan rings is 1. The Kier molecular flexibility index (Phi) is 2.79. The maximum atomic E-state index is 13.2. The highest BCUT2D eigenvalue weighted by atomic mass is 16.6. The number of cyclic esters (lactones) is 1. The molecule has 0 amide bonds. The summed E-state index contributed by atoms with van der Waals surface area (Å²) in [5.41, 5.74) is 0.654. The summed E-state index contributed by atoms with van der Waals surface area (Å²) in [4.78, 5) is 13.2. The number of carbonyl (C=O) groups excluding carboxylic acids is 1. The van der Waals surface area contributed by atoms with Gasteiger partial charge in [-0.2, -0.15) is 0 Å². The number of carbonyl (C=O) groups is 1. The first kappa shape index (κ1) is 15.0. The molecule has 4 fully saturated rings. The van der Waals surface area contributed by atoms with E-state index in [1.165, 1.54) is 0 Å². The molecule has 2 aliphatic carbocycles. The molecule has 7 unspecified atom stereocenters. The van der Waals surface area contributed by atoms with E-state index in [9.17, 15) is 4.79 Å². The molecule has 4 heteroatoms. The monoisotopic (exact) mass is 330 g/mol. The molecule has 5 rings (SSSR count). The van der Waals surface area contributed by atoms with E-state index in [1.54, 1.807) is 12.5 Å². The van der Waals surface area contributed by atoms with Crippen molar-refractivity contribution in [3.63, 3.8) is 0 Å². The standard InChI is InChI=1S/C20H26O4/c1-12-6-8-18(2)15(4-5-16-19(18,3)24-16)20(12)10-14(23-17(20)21)13-7-9-22-11-13/h7,9,11-12,14-16H,4-6,8,10H2,1-3H3. The number of rotatable bonds is 1. The Morgan fingerprint density at radius 3 is 2.79 bits per heavy atom. The molecule has 1 aromatic rings. The van der Waals surface area contributed by atoms with Gasteiger partial charge in [0, 0.05) is 17.4 Å². The van der Waals surface area contributed by atoms with Crippen LogP contribution < -0.4 is 0 Å². The van der Waals surface area contributed by atoms with Gasteiger partial charge in [-0.05, 0) is 50.5 Å². The van der Waals surface area contributed by atoms with Crippen LogP contribution in [0.25, 0.3) is 0 Å². The highest BCUT2D eigenvalue weighted by Crippen LogP contribution is 2.72. The van der Waals surface area contributed by atoms with Crippen LogP contribution in [0.5, 0.6) is 0 Å². The zero-order valence-corrected chi connectivity index (χ0v) is 14.7. The molecule has 4 nitrogen and oxygen atoms in total. The minimum atomic E-state index is -0.366. The van der Waals surface area contributed by atoms with Gasteiger partial charge in [-0.15, -0.1) is 0 Å². The van der Waals surface area contributed by atoms with Crippen molar-refractivity contribution in [3.8, 4) is 0 Å². The first-order valence-corrected chi connectivity index (χ1v) is 9.33. The molecule has 2 saturated carbocycles. The third-order valence-corrected chi connectivity index (χ3v) is 8.23. The summed E-state index contributed by atoms with van der Waals surface area (Å²) in [6.07, 6.45) is 8.77. The van der Waals surface area contributed by atoms with Gasteiger partial charge in [0.1, 0.15) is 6.10 Å². The van der Waals surface area contributed by atoms with Gasteiger partial charge in [-0.1, -0.05) is 13.8 Å². The number of epoxide rings is 1. The first-order valence-electron chi connectivity index (χ1n) is 9.33. The Bertz CT molecular complexity index is 682. The Balaban J connectivity index is 1.57. The molecule has 0 N–H and O–H groups in total. The van der Waals surface area contributed by atoms with Crippen molar-refractivity contribution >= 4 is 5.97 Å². The summed E-state index contributed by atoms with van der Waals surface area (Å²) < 4.78 is 17.3. The number of hydrogen-bond donors (Lipinski definition) is 0. The second-order valence-corrected chi connectivity index (χ2v) is 8.90. The molecular formula is C20H26O4. The second-order valence-electron chi connectivity index (χ2n) is 8.90. The molecule has 3 heterocycles. The van der Waals surface area contributed by atoms with Crippen molar-refractivity contribution in [2.24, 2.45) is 22.7 Å². The van der Waals surface area contributed by atoms with Crippen molar-refractivity contribution in [2.45, 2.75) is 70.7 Å². The Hall–Kier alpha value is -1.29. The molecule has 2 saturated heterocycles. The molecule has 1 spiro atoms. The fourth-order valence-electron chi connectivity index (χ4n) is 6.45. The van der Waals surface area contributed by atoms with E-state index < -0.39 is 0 Å². The second kappa shape index (κ2) is 4.46. The first-order chi connectivity index (χ1) is 11.4. The van der Waals surface area contributed by atoms with Crippen molar-refractivity contribution in [1.29, 1.82) is 0 Å². The van der Waals surface area contributed by atoms with Gasteiger partial charge in [-0.25, -0.2) is 0 Å². The van der Waals surface area contributed by atoms with Crippen LogP contribution in [0.15, 0.2) is 23.0 Å². The molecule has 2 aliphatic heterocycles. The molecule has 0 bridgehead atoms. The van der Waals surface area contributed by atoms with Gasteiger partial charge in [0.25, 0.3) is 0 Å². The van der Waals surface area contributed by atoms with Gasteiger partial charge in [0.2, 0.25) is 0 Å². The number of ether oxygens (including phenoxy) is 2. The van der Waals surface area contributed by atoms with Gasteiger partial charge in [0.05, 0.1) is 29.6 Å². The van der Waals surface area contributed by atoms with E-state index >= 15 is 0 Å². The summed E-state index contributed by atoms with van der Waals surface area (Å²) in [6, 6.07) is 1.92. The third kappa shape index (κ3) is 1.56. The molecule has 1 aromatic heterocycles. The van der Waals surface area contributed by atoms with E-state index in [-0.39, 0.29) is 28.5 Å². The smallest absolute Gasteiger partial charge is 0.313 e. The van der Waals surface area contributed by atoms with Crippen LogP contribution in [-0.4, -0.2) is 17.7 Å². The highest BCUT2D eigenvalue weighted by molar-refractivity contribution is 5.80. The zero-order chi connectivity index (χ0) is 16.7. The van der Waals surface area contributed by atoms with Gasteiger partial charge in [0.15, 0.2) is 0 Å². The van der Waals surface area contributed by atoms with Crippen molar-refractivity contribution < 1.29 is 18.7 Å². The maximum absolute atomic E-state index is 13.2. The van der Waals surface area contributed by atoms with Crippen molar-refractivity contribution in [1.82, 2.24) is 0 Å². The van der Waals surface area contributed by atoms with Crippen LogP contribution in [0.2, 0.25) is 0 Å². The SMILES string of the molecule is CC1CCC2(C)C(CCC3OC32C)C12CC(c1ccoc1)OC2=O. The quantitative estimate of drug-likeness (QED) is 0.570. The number of fused-ring (bicyclic) bond motifs is 4. The highest BCUT2D eigenvalue weighted by Gasteiger charge is 2.75. The third-order valence-electron chi connectivity index (χ3n) is 8.23. The Morgan fingerprint density at radius 2 is 2.04 bits per heavy atom. The average molecular weight is 330 g/mol. The Morgan fingerprint density at radius 1 is 1.21 bits per heavy atom. The number of hydrogen-bond acceptors (Lipinski definition) is 4. The van der Waals surface area contributed by atoms with Crippen LogP contribution in [0.4, 0.5) is 0 Å². The maximum Gasteiger partial charge on any atom is 0.313 e. The van der Waals surface area contributed by atoms with Gasteiger partial charge < -0.3 is 13.9 Å². The Labute approximate surface area is 142 Å². The lowest BCUT2D eigenvalue weighted by atomic mass is 9.44. The fraction of sp³-hybridized carbons (Fsp3) is 0.750. The molecule has 0 radical (unpaired) electrons.